The molecule has 1 rings (SSSR count). The third-order valence-electron chi connectivity index (χ3n) is 1.63. The Kier molecular flexibility index (Phi) is 4.03. The number of benzene rings is 1. The molecule has 0 unspecified atom stereocenters. The summed E-state index contributed by atoms with van der Waals surface area (Å²) >= 11 is 3.15. The lowest BCUT2D eigenvalue weighted by atomic mass is 10.2. The average molecular weight is 273 g/mol. The van der Waals surface area contributed by atoms with Gasteiger partial charge in [-0.1, -0.05) is 22.5 Å². The van der Waals surface area contributed by atoms with Gasteiger partial charge in [0.1, 0.15) is 12.4 Å². The van der Waals surface area contributed by atoms with Crippen molar-refractivity contribution in [3.63, 3.8) is 0 Å². The summed E-state index contributed by atoms with van der Waals surface area (Å²) in [5.74, 6) is 0.230. The molecule has 4 heteroatoms. The maximum atomic E-state index is 12.6. The Morgan fingerprint density at radius 2 is 2.27 bits per heavy atom. The molecule has 0 saturated heterocycles. The van der Waals surface area contributed by atoms with E-state index in [0.717, 1.165) is 5.57 Å². The minimum atomic E-state index is -1.51. The summed E-state index contributed by atoms with van der Waals surface area (Å²) in [7, 11) is 0. The smallest absolute Gasteiger partial charge is 0.335 e. The Balaban J connectivity index is 2.95. The van der Waals surface area contributed by atoms with Crippen LogP contribution in [-0.4, -0.2) is 12.6 Å². The molecule has 0 amide bonds. The molecule has 2 nitrogen and oxygen atoms in total. The summed E-state index contributed by atoms with van der Waals surface area (Å²) in [4.78, 5) is 10.7. The van der Waals surface area contributed by atoms with Gasteiger partial charge < -0.3 is 4.74 Å². The molecule has 0 aliphatic rings. The highest BCUT2D eigenvalue weighted by molar-refractivity contribution is 9.10. The molecule has 1 aromatic carbocycles. The van der Waals surface area contributed by atoms with Crippen LogP contribution >= 0.6 is 15.9 Å². The number of hydrogen-bond donors (Lipinski definition) is 0. The summed E-state index contributed by atoms with van der Waals surface area (Å²) in [5.41, 5.74) is 0.723. The van der Waals surface area contributed by atoms with Crippen LogP contribution in [0.3, 0.4) is 0 Å². The lowest BCUT2D eigenvalue weighted by Crippen LogP contribution is -2.02. The topological polar surface area (TPSA) is 26.3 Å². The molecule has 80 valence electrons. The monoisotopic (exact) mass is 272 g/mol. The Morgan fingerprint density at radius 1 is 1.60 bits per heavy atom. The largest absolute Gasteiger partial charge is 0.488 e. The molecule has 0 aliphatic heterocycles. The van der Waals surface area contributed by atoms with E-state index in [1.165, 1.54) is 6.07 Å². The molecule has 0 saturated carbocycles. The van der Waals surface area contributed by atoms with E-state index in [0.29, 0.717) is 4.47 Å². The van der Waals surface area contributed by atoms with Gasteiger partial charge in [-0.05, 0) is 30.7 Å². The van der Waals surface area contributed by atoms with E-state index in [2.05, 4.69) is 22.5 Å². The van der Waals surface area contributed by atoms with Crippen molar-refractivity contribution >= 4 is 22.0 Å². The van der Waals surface area contributed by atoms with Gasteiger partial charge in [-0.15, -0.1) is 0 Å². The van der Waals surface area contributed by atoms with Crippen LogP contribution in [0.4, 0.5) is 4.39 Å². The molecule has 0 N–H and O–H groups in total. The third-order valence-corrected chi connectivity index (χ3v) is 2.12. The first kappa shape index (κ1) is 11.9. The van der Waals surface area contributed by atoms with E-state index in [9.17, 15) is 9.18 Å². The van der Waals surface area contributed by atoms with E-state index in [-0.39, 0.29) is 17.9 Å². The van der Waals surface area contributed by atoms with Gasteiger partial charge in [0.15, 0.2) is 0 Å². The maximum absolute atomic E-state index is 12.6. The summed E-state index contributed by atoms with van der Waals surface area (Å²) in [6.45, 7) is 5.70. The van der Waals surface area contributed by atoms with Crippen molar-refractivity contribution in [2.45, 2.75) is 6.92 Å². The molecule has 0 aromatic heterocycles. The van der Waals surface area contributed by atoms with Crippen molar-refractivity contribution in [1.82, 2.24) is 0 Å². The van der Waals surface area contributed by atoms with Gasteiger partial charge in [0, 0.05) is 4.47 Å². The molecule has 0 atom stereocenters. The Labute approximate surface area is 95.9 Å². The van der Waals surface area contributed by atoms with E-state index in [1.54, 1.807) is 19.1 Å². The number of carbonyl (C=O) groups excluding carboxylic acids is 1. The maximum Gasteiger partial charge on any atom is 0.335 e. The van der Waals surface area contributed by atoms with E-state index in [1.807, 2.05) is 0 Å². The molecule has 15 heavy (non-hydrogen) atoms. The summed E-state index contributed by atoms with van der Waals surface area (Å²) in [6.07, 6.45) is 0. The van der Waals surface area contributed by atoms with Crippen LogP contribution in [0.15, 0.2) is 34.8 Å². The van der Waals surface area contributed by atoms with Gasteiger partial charge in [0.25, 0.3) is 0 Å². The van der Waals surface area contributed by atoms with Gasteiger partial charge in [0.05, 0.1) is 5.56 Å². The van der Waals surface area contributed by atoms with Crippen molar-refractivity contribution in [2.24, 2.45) is 0 Å². The molecule has 1 aromatic rings. The minimum Gasteiger partial charge on any atom is -0.488 e. The molecular formula is C11H10BrFO2. The van der Waals surface area contributed by atoms with Gasteiger partial charge in [-0.2, -0.15) is 4.39 Å². The van der Waals surface area contributed by atoms with Gasteiger partial charge in [0.2, 0.25) is 0 Å². The van der Waals surface area contributed by atoms with E-state index >= 15 is 0 Å². The van der Waals surface area contributed by atoms with Gasteiger partial charge in [-0.25, -0.2) is 0 Å². The first-order valence-corrected chi connectivity index (χ1v) is 5.06. The third kappa shape index (κ3) is 3.47. The zero-order chi connectivity index (χ0) is 11.4. The Hall–Kier alpha value is -1.16. The van der Waals surface area contributed by atoms with Crippen molar-refractivity contribution in [2.75, 3.05) is 6.61 Å². The van der Waals surface area contributed by atoms with Crippen molar-refractivity contribution in [3.8, 4) is 5.75 Å². The molecule has 0 aliphatic carbocycles. The quantitative estimate of drug-likeness (QED) is 0.619. The highest BCUT2D eigenvalue weighted by atomic mass is 79.9. The summed E-state index contributed by atoms with van der Waals surface area (Å²) in [5, 5.41) is 0. The Morgan fingerprint density at radius 3 is 2.80 bits per heavy atom. The molecule has 0 heterocycles. The van der Waals surface area contributed by atoms with E-state index in [4.69, 9.17) is 4.74 Å². The number of rotatable bonds is 4. The highest BCUT2D eigenvalue weighted by Crippen LogP contribution is 2.24. The molecule has 0 spiro atoms. The predicted octanol–water partition coefficient (Wildman–Crippen LogP) is 3.51. The normalized spacial score (nSPS) is 9.80. The summed E-state index contributed by atoms with van der Waals surface area (Å²) in [6, 6.07) is 3.10. The van der Waals surface area contributed by atoms with Gasteiger partial charge in [-0.3, -0.25) is 4.79 Å². The minimum absolute atomic E-state index is 0.0781. The lowest BCUT2D eigenvalue weighted by Gasteiger charge is -2.08. The first-order chi connectivity index (χ1) is 7.00. The van der Waals surface area contributed by atoms with Crippen molar-refractivity contribution < 1.29 is 13.9 Å². The van der Waals surface area contributed by atoms with Crippen LogP contribution < -0.4 is 4.74 Å². The van der Waals surface area contributed by atoms with Crippen LogP contribution in [0, 0.1) is 0 Å². The molecule has 0 radical (unpaired) electrons. The number of ether oxygens (including phenoxy) is 1. The number of carbonyl (C=O) groups is 1. The van der Waals surface area contributed by atoms with E-state index < -0.39 is 6.04 Å². The second-order valence-corrected chi connectivity index (χ2v) is 4.08. The second kappa shape index (κ2) is 5.07. The molecule has 0 bridgehead atoms. The van der Waals surface area contributed by atoms with Gasteiger partial charge >= 0.3 is 6.04 Å². The van der Waals surface area contributed by atoms with Crippen LogP contribution in [0.1, 0.15) is 17.3 Å². The average Bonchev–Trinajstić information content (AvgIpc) is 2.15. The fourth-order valence-electron chi connectivity index (χ4n) is 0.983. The molecule has 0 fully saturated rings. The Bertz CT molecular complexity index is 402. The fourth-order valence-corrected chi connectivity index (χ4v) is 1.34. The highest BCUT2D eigenvalue weighted by Gasteiger charge is 2.12. The molecular weight excluding hydrogens is 263 g/mol. The van der Waals surface area contributed by atoms with Crippen molar-refractivity contribution in [1.29, 1.82) is 0 Å². The second-order valence-electron chi connectivity index (χ2n) is 3.16. The standard InChI is InChI=1S/C11H10BrFO2/c1-7(2)6-15-10-4-3-8(12)5-9(10)11(13)14/h3-5H,1,6H2,2H3. The number of halogens is 2. The van der Waals surface area contributed by atoms with Crippen LogP contribution in [-0.2, 0) is 0 Å². The summed E-state index contributed by atoms with van der Waals surface area (Å²) < 4.78 is 18.5. The zero-order valence-corrected chi connectivity index (χ0v) is 9.80. The van der Waals surface area contributed by atoms with Crippen LogP contribution in [0.5, 0.6) is 5.75 Å². The fraction of sp³-hybridized carbons (Fsp3) is 0.182. The number of hydrogen-bond acceptors (Lipinski definition) is 2. The zero-order valence-electron chi connectivity index (χ0n) is 8.22. The van der Waals surface area contributed by atoms with Crippen molar-refractivity contribution in [3.05, 3.63) is 40.4 Å². The predicted molar refractivity (Wildman–Crippen MR) is 59.9 cm³/mol. The van der Waals surface area contributed by atoms with Crippen LogP contribution in [0.25, 0.3) is 0 Å². The van der Waals surface area contributed by atoms with Crippen LogP contribution in [0.2, 0.25) is 0 Å². The SMILES string of the molecule is C=C(C)COc1ccc(Br)cc1C(=O)F. The first-order valence-electron chi connectivity index (χ1n) is 4.27. The lowest BCUT2D eigenvalue weighted by molar-refractivity contribution is 0.0832.